The van der Waals surface area contributed by atoms with Crippen LogP contribution in [0.15, 0.2) is 0 Å². The fourth-order valence-electron chi connectivity index (χ4n) is 0. The van der Waals surface area contributed by atoms with Gasteiger partial charge in [0.15, 0.2) is 0 Å². The van der Waals surface area contributed by atoms with Crippen molar-refractivity contribution < 1.29 is 5.11 Å². The van der Waals surface area contributed by atoms with Gasteiger partial charge < -0.3 is 11.7 Å². The number of halogens is 1. The minimum atomic E-state index is -0.389. The molecule has 4 heteroatoms. The summed E-state index contributed by atoms with van der Waals surface area (Å²) in [4.78, 5) is 0. The van der Waals surface area contributed by atoms with Gasteiger partial charge in [0.1, 0.15) is 0 Å². The van der Waals surface area contributed by atoms with Gasteiger partial charge in [-0.15, -0.1) is 21.2 Å². The predicted octanol–water partition coefficient (Wildman–Crippen LogP) is 0.886. The largest absolute Gasteiger partial charge is 2.00 e. The van der Waals surface area contributed by atoms with E-state index in [0.717, 1.165) is 0 Å². The van der Waals surface area contributed by atoms with Crippen LogP contribution in [0.1, 0.15) is 6.92 Å². The molecular formula is C5H16ClMgOSi+. The topological polar surface area (TPSA) is 20.2 Å². The first-order valence-electron chi connectivity index (χ1n) is 2.59. The van der Waals surface area contributed by atoms with Crippen LogP contribution < -0.4 is 0 Å². The third kappa shape index (κ3) is 318. The van der Waals surface area contributed by atoms with E-state index < -0.39 is 0 Å². The molecule has 0 aliphatic heterocycles. The van der Waals surface area contributed by atoms with Gasteiger partial charge in [0.2, 0.25) is 0 Å². The van der Waals surface area contributed by atoms with Gasteiger partial charge in [-0.25, -0.2) is 0 Å². The normalized spacial score (nSPS) is 6.00. The Hall–Kier alpha value is 1.23. The zero-order valence-electron chi connectivity index (χ0n) is 6.55. The monoisotopic (exact) mass is 179 g/mol. The van der Waals surface area contributed by atoms with E-state index in [4.69, 9.17) is 5.11 Å². The van der Waals surface area contributed by atoms with Gasteiger partial charge in [0, 0.05) is 6.61 Å². The summed E-state index contributed by atoms with van der Waals surface area (Å²) < 4.78 is 0. The minimum absolute atomic E-state index is 0. The van der Waals surface area contributed by atoms with Crippen LogP contribution >= 0.6 is 12.4 Å². The first-order valence-corrected chi connectivity index (χ1v) is 5.71. The van der Waals surface area contributed by atoms with E-state index in [2.05, 4.69) is 19.6 Å². The van der Waals surface area contributed by atoms with Gasteiger partial charge >= 0.3 is 23.1 Å². The van der Waals surface area contributed by atoms with Gasteiger partial charge in [-0.2, -0.15) is 0 Å². The summed E-state index contributed by atoms with van der Waals surface area (Å²) in [6, 6.07) is 0. The third-order valence-electron chi connectivity index (χ3n) is 0. The second-order valence-corrected chi connectivity index (χ2v) is 4.50. The van der Waals surface area contributed by atoms with Crippen LogP contribution in [0.5, 0.6) is 0 Å². The zero-order chi connectivity index (χ0) is 6.28. The second kappa shape index (κ2) is 22.9. The van der Waals surface area contributed by atoms with Crippen molar-refractivity contribution in [2.24, 2.45) is 0 Å². The molecular weight excluding hydrogens is 164 g/mol. The molecule has 0 aliphatic carbocycles. The molecule has 0 aromatic heterocycles. The average molecular weight is 180 g/mol. The summed E-state index contributed by atoms with van der Waals surface area (Å²) >= 11 is 0. The molecule has 9 heavy (non-hydrogen) atoms. The van der Waals surface area contributed by atoms with Crippen molar-refractivity contribution in [3.63, 3.8) is 0 Å². The molecule has 0 saturated carbocycles. The Morgan fingerprint density at radius 2 is 1.44 bits per heavy atom. The van der Waals surface area contributed by atoms with E-state index in [9.17, 15) is 0 Å². The zero-order valence-corrected chi connectivity index (χ0v) is 9.94. The first kappa shape index (κ1) is 22.5. The summed E-state index contributed by atoms with van der Waals surface area (Å²) in [5.41, 5.74) is 0. The number of hydrogen-bond acceptors (Lipinski definition) is 1. The molecule has 0 aliphatic rings. The predicted molar refractivity (Wildman–Crippen MR) is 50.0 cm³/mol. The molecule has 0 radical (unpaired) electrons. The Morgan fingerprint density at radius 3 is 1.44 bits per heavy atom. The molecule has 54 valence electrons. The standard InChI is InChI=1S/C3H9Si.C2H6O.ClH.Mg/c1-4(2)3;1-2-3;;/h4H,1H2,2-3H3;3H,2H2,1H3;1H;/q-1;;;+2. The molecule has 0 aromatic carbocycles. The Morgan fingerprint density at radius 1 is 1.44 bits per heavy atom. The van der Waals surface area contributed by atoms with Gasteiger partial charge in [-0.05, 0) is 6.92 Å². The number of aliphatic hydroxyl groups excluding tert-OH is 1. The first-order chi connectivity index (χ1) is 3.15. The molecule has 1 N–H and O–H groups in total. The van der Waals surface area contributed by atoms with Crippen LogP contribution in [0.25, 0.3) is 0 Å². The van der Waals surface area contributed by atoms with Crippen molar-refractivity contribution in [2.75, 3.05) is 6.61 Å². The van der Waals surface area contributed by atoms with Crippen molar-refractivity contribution in [3.8, 4) is 0 Å². The van der Waals surface area contributed by atoms with Crippen LogP contribution in [0.3, 0.4) is 0 Å². The molecule has 0 aromatic rings. The Kier molecular flexibility index (Phi) is 57.0. The summed E-state index contributed by atoms with van der Waals surface area (Å²) in [6.45, 7) is 10.1. The number of aliphatic hydroxyl groups is 1. The van der Waals surface area contributed by atoms with Gasteiger partial charge in [0.05, 0.1) is 0 Å². The van der Waals surface area contributed by atoms with Gasteiger partial charge in [-0.3, -0.25) is 0 Å². The minimum Gasteiger partial charge on any atom is -0.397 e. The molecule has 0 bridgehead atoms. The van der Waals surface area contributed by atoms with Crippen molar-refractivity contribution in [1.82, 2.24) is 0 Å². The van der Waals surface area contributed by atoms with Crippen LogP contribution in [0, 0.1) is 6.55 Å². The molecule has 0 rings (SSSR count). The summed E-state index contributed by atoms with van der Waals surface area (Å²) in [5, 5.41) is 7.57. The maximum absolute atomic E-state index is 7.57. The molecule has 0 atom stereocenters. The quantitative estimate of drug-likeness (QED) is 0.433. The Balaban J connectivity index is -0.0000000233. The molecule has 0 saturated heterocycles. The van der Waals surface area contributed by atoms with E-state index >= 15 is 0 Å². The van der Waals surface area contributed by atoms with Gasteiger partial charge in [-0.1, -0.05) is 13.1 Å². The van der Waals surface area contributed by atoms with E-state index in [1.54, 1.807) is 6.92 Å². The van der Waals surface area contributed by atoms with Crippen molar-refractivity contribution in [1.29, 1.82) is 0 Å². The molecule has 0 unspecified atom stereocenters. The maximum atomic E-state index is 7.57. The van der Waals surface area contributed by atoms with Crippen molar-refractivity contribution in [3.05, 3.63) is 6.55 Å². The Bertz CT molecular complexity index is 28.2. The summed E-state index contributed by atoms with van der Waals surface area (Å²) in [5.74, 6) is 0. The number of hydrogen-bond donors (Lipinski definition) is 1. The van der Waals surface area contributed by atoms with Crippen LogP contribution in [-0.4, -0.2) is 43.6 Å². The van der Waals surface area contributed by atoms with E-state index in [1.807, 2.05) is 0 Å². The van der Waals surface area contributed by atoms with Crippen LogP contribution in [0.2, 0.25) is 13.1 Å². The van der Waals surface area contributed by atoms with Crippen molar-refractivity contribution in [2.45, 2.75) is 20.0 Å². The van der Waals surface area contributed by atoms with E-state index in [1.165, 1.54) is 0 Å². The molecule has 0 heterocycles. The second-order valence-electron chi connectivity index (χ2n) is 1.71. The molecule has 0 fully saturated rings. The Labute approximate surface area is 82.4 Å². The van der Waals surface area contributed by atoms with Crippen LogP contribution in [-0.2, 0) is 0 Å². The summed E-state index contributed by atoms with van der Waals surface area (Å²) in [7, 11) is -0.389. The smallest absolute Gasteiger partial charge is 0.397 e. The SMILES string of the molecule is CCO.Cl.[CH2-][SiH](C)C.[Mg+2]. The van der Waals surface area contributed by atoms with E-state index in [-0.39, 0.29) is 50.9 Å². The molecule has 0 amide bonds. The van der Waals surface area contributed by atoms with Crippen LogP contribution in [0.4, 0.5) is 0 Å². The fraction of sp³-hybridized carbons (Fsp3) is 0.800. The molecule has 0 spiro atoms. The summed E-state index contributed by atoms with van der Waals surface area (Å²) in [6.07, 6.45) is 0. The molecule has 1 nitrogen and oxygen atoms in total. The van der Waals surface area contributed by atoms with Crippen molar-refractivity contribution >= 4 is 44.3 Å². The average Bonchev–Trinajstić information content (AvgIpc) is 1.33. The third-order valence-corrected chi connectivity index (χ3v) is 0. The van der Waals surface area contributed by atoms with E-state index in [0.29, 0.717) is 0 Å². The fourth-order valence-corrected chi connectivity index (χ4v) is 0. The number of rotatable bonds is 0. The van der Waals surface area contributed by atoms with Gasteiger partial charge in [0.25, 0.3) is 0 Å². The maximum Gasteiger partial charge on any atom is 2.00 e.